The maximum absolute atomic E-state index is 14.4. The number of nitrogens with zero attached hydrogens (tertiary/aromatic N) is 2. The summed E-state index contributed by atoms with van der Waals surface area (Å²) < 4.78 is 20.5. The number of Topliss-reactive ketones (excluding diaryl/α,β-unsaturated/α-hetero) is 1. The zero-order chi connectivity index (χ0) is 37.9. The fourth-order valence-electron chi connectivity index (χ4n) is 9.18. The van der Waals surface area contributed by atoms with E-state index in [2.05, 4.69) is 51.3 Å². The number of carbonyl (C=O) groups is 3. The quantitative estimate of drug-likeness (QED) is 0.140. The van der Waals surface area contributed by atoms with Gasteiger partial charge >= 0.3 is 0 Å². The van der Waals surface area contributed by atoms with Gasteiger partial charge in [0.05, 0.1) is 12.2 Å². The summed E-state index contributed by atoms with van der Waals surface area (Å²) in [6.07, 6.45) is 3.23. The van der Waals surface area contributed by atoms with Gasteiger partial charge in [-0.25, -0.2) is 9.97 Å². The summed E-state index contributed by atoms with van der Waals surface area (Å²) >= 11 is 0. The molecule has 12 nitrogen and oxygen atoms in total. The number of oxazole rings is 2. The van der Waals surface area contributed by atoms with Gasteiger partial charge in [0.15, 0.2) is 29.2 Å². The zero-order valence-corrected chi connectivity index (χ0v) is 31.1. The van der Waals surface area contributed by atoms with Gasteiger partial charge in [-0.05, 0) is 41.5 Å². The predicted molar refractivity (Wildman–Crippen MR) is 204 cm³/mol. The van der Waals surface area contributed by atoms with Crippen LogP contribution in [-0.2, 0) is 26.2 Å². The number of rotatable bonds is 6. The molecule has 6 aromatic rings. The maximum atomic E-state index is 14.4. The van der Waals surface area contributed by atoms with E-state index in [-0.39, 0.29) is 48.2 Å². The Kier molecular flexibility index (Phi) is 7.24. The van der Waals surface area contributed by atoms with E-state index in [1.165, 1.54) is 6.92 Å². The van der Waals surface area contributed by atoms with E-state index < -0.39 is 29.6 Å². The minimum Gasteiger partial charge on any atom is -0.469 e. The number of ketones is 1. The molecule has 0 aliphatic carbocycles. The Balaban J connectivity index is 1.23. The highest BCUT2D eigenvalue weighted by Crippen LogP contribution is 2.61. The van der Waals surface area contributed by atoms with Crippen LogP contribution in [0.3, 0.4) is 0 Å². The van der Waals surface area contributed by atoms with E-state index in [0.717, 1.165) is 50.0 Å². The summed E-state index contributed by atoms with van der Waals surface area (Å²) in [7, 11) is 0. The molecule has 1 spiro atoms. The number of para-hydroxylation sites is 1. The smallest absolute Gasteiger partial charge is 0.249 e. The molecule has 5 atom stereocenters. The number of H-pyrrole nitrogens is 1. The highest BCUT2D eigenvalue weighted by atomic mass is 16.5. The van der Waals surface area contributed by atoms with Crippen LogP contribution in [0.4, 0.5) is 5.69 Å². The number of aromatic nitrogens is 3. The number of hydrogen-bond acceptors (Lipinski definition) is 9. The minimum atomic E-state index is -1.05. The van der Waals surface area contributed by atoms with Crippen LogP contribution >= 0.6 is 0 Å². The maximum Gasteiger partial charge on any atom is 0.249 e. The number of anilines is 1. The number of nitrogens with one attached hydrogen (secondary N) is 4. The van der Waals surface area contributed by atoms with E-state index in [1.54, 1.807) is 6.20 Å². The second-order valence-electron chi connectivity index (χ2n) is 15.9. The molecule has 3 aromatic heterocycles. The van der Waals surface area contributed by atoms with Crippen molar-refractivity contribution in [1.29, 1.82) is 0 Å². The Morgan fingerprint density at radius 2 is 1.80 bits per heavy atom. The first-order valence-corrected chi connectivity index (χ1v) is 18.9. The average Bonchev–Trinajstić information content (AvgIpc) is 3.98. The first-order valence-electron chi connectivity index (χ1n) is 18.9. The molecule has 0 radical (unpaired) electrons. The van der Waals surface area contributed by atoms with Crippen molar-refractivity contribution in [3.63, 3.8) is 0 Å². The molecule has 55 heavy (non-hydrogen) atoms. The normalized spacial score (nSPS) is 21.9. The van der Waals surface area contributed by atoms with E-state index >= 15 is 0 Å². The molecule has 278 valence electrons. The first-order chi connectivity index (χ1) is 26.5. The largest absolute Gasteiger partial charge is 0.469 e. The number of amides is 2. The van der Waals surface area contributed by atoms with E-state index in [4.69, 9.17) is 23.5 Å². The molecule has 10 bridgehead atoms. The van der Waals surface area contributed by atoms with E-state index in [9.17, 15) is 14.4 Å². The predicted octanol–water partition coefficient (Wildman–Crippen LogP) is 7.04. The van der Waals surface area contributed by atoms with Gasteiger partial charge in [-0.15, -0.1) is 0 Å². The lowest BCUT2D eigenvalue weighted by atomic mass is 9.72. The van der Waals surface area contributed by atoms with Crippen LogP contribution in [0.5, 0.6) is 5.75 Å². The van der Waals surface area contributed by atoms with E-state index in [0.29, 0.717) is 28.9 Å². The fraction of sp³-hybridized carbons (Fsp3) is 0.326. The van der Waals surface area contributed by atoms with Crippen molar-refractivity contribution in [3.05, 3.63) is 95.3 Å². The summed E-state index contributed by atoms with van der Waals surface area (Å²) in [5.41, 5.74) is 6.75. The molecule has 4 N–H and O–H groups in total. The Labute approximate surface area is 316 Å². The summed E-state index contributed by atoms with van der Waals surface area (Å²) in [4.78, 5) is 53.8. The highest BCUT2D eigenvalue weighted by Gasteiger charge is 2.61. The number of aromatic amines is 1. The number of carbonyl (C=O) groups excluding carboxylic acids is 3. The van der Waals surface area contributed by atoms with Crippen molar-refractivity contribution in [2.75, 3.05) is 5.32 Å². The number of benzene rings is 3. The van der Waals surface area contributed by atoms with Crippen LogP contribution in [-0.4, -0.2) is 44.8 Å². The van der Waals surface area contributed by atoms with Crippen molar-refractivity contribution in [1.82, 2.24) is 25.6 Å². The van der Waals surface area contributed by atoms with Crippen molar-refractivity contribution in [2.45, 2.75) is 71.2 Å². The van der Waals surface area contributed by atoms with Crippen LogP contribution in [0.2, 0.25) is 0 Å². The fourth-order valence-corrected chi connectivity index (χ4v) is 9.18. The summed E-state index contributed by atoms with van der Waals surface area (Å²) in [6, 6.07) is 17.1. The van der Waals surface area contributed by atoms with Gasteiger partial charge < -0.3 is 34.5 Å². The van der Waals surface area contributed by atoms with Crippen molar-refractivity contribution >= 4 is 34.2 Å². The lowest BCUT2D eigenvalue weighted by Crippen LogP contribution is -2.46. The van der Waals surface area contributed by atoms with Gasteiger partial charge in [0.2, 0.25) is 23.6 Å². The first kappa shape index (κ1) is 33.4. The Bertz CT molecular complexity index is 2600. The summed E-state index contributed by atoms with van der Waals surface area (Å²) in [6.45, 7) is 9.15. The molecule has 10 rings (SSSR count). The third-order valence-electron chi connectivity index (χ3n) is 11.7. The molecule has 3 aromatic carbocycles. The molecule has 2 amide bonds. The van der Waals surface area contributed by atoms with Gasteiger partial charge in [0, 0.05) is 64.3 Å². The molecule has 12 heteroatoms. The summed E-state index contributed by atoms with van der Waals surface area (Å²) in [5.74, 6) is 0.440. The van der Waals surface area contributed by atoms with Gasteiger partial charge in [-0.1, -0.05) is 70.2 Å². The van der Waals surface area contributed by atoms with Gasteiger partial charge in [0.1, 0.15) is 17.2 Å². The van der Waals surface area contributed by atoms with Gasteiger partial charge in [-0.2, -0.15) is 0 Å². The van der Waals surface area contributed by atoms with Crippen molar-refractivity contribution < 1.29 is 28.0 Å². The molecule has 2 unspecified atom stereocenters. The Morgan fingerprint density at radius 3 is 2.60 bits per heavy atom. The highest BCUT2D eigenvalue weighted by molar-refractivity contribution is 6.07. The molecule has 0 fully saturated rings. The molecular formula is C43H40N6O6. The monoisotopic (exact) mass is 736 g/mol. The lowest BCUT2D eigenvalue weighted by molar-refractivity contribution is -0.132. The van der Waals surface area contributed by atoms with Crippen LogP contribution < -0.4 is 20.7 Å². The van der Waals surface area contributed by atoms with Gasteiger partial charge in [-0.3, -0.25) is 14.4 Å². The van der Waals surface area contributed by atoms with Gasteiger partial charge in [0.25, 0.3) is 0 Å². The topological polar surface area (TPSA) is 164 Å². The number of ether oxygens (including phenoxy) is 1. The molecule has 0 saturated carbocycles. The molecule has 0 saturated heterocycles. The van der Waals surface area contributed by atoms with Crippen LogP contribution in [0.1, 0.15) is 75.4 Å². The Hall–Kier alpha value is -6.17. The number of hydrogen-bond donors (Lipinski definition) is 4. The zero-order valence-electron chi connectivity index (χ0n) is 31.1. The third-order valence-corrected chi connectivity index (χ3v) is 11.7. The second-order valence-corrected chi connectivity index (χ2v) is 15.9. The molecule has 7 heterocycles. The average molecular weight is 737 g/mol. The standard InChI is InChI=1S/C43H40N6O6/c1-19(2)34(46-21(5)50)30(51)16-23-14-22-12-13-31-28(15-22)43-27-10-6-9-25(36(27)49-42(43)54-31)24-8-7-11-29-33(24)26(17-44-29)32-18-45-40(53-32)37-38(43)55-41(48-37)35(20(3)4)47-39(23)52/h6-13,15,17-20,23,34-35,42,44,49H,14,16H2,1-5H3,(H,46,50)(H,47,52)/t23?,34-,35-,42-,43?/m0/s1. The summed E-state index contributed by atoms with van der Waals surface area (Å²) in [5, 5.41) is 10.8. The third kappa shape index (κ3) is 4.79. The van der Waals surface area contributed by atoms with Crippen molar-refractivity contribution in [3.8, 4) is 39.8 Å². The van der Waals surface area contributed by atoms with Crippen LogP contribution in [0.15, 0.2) is 75.8 Å². The van der Waals surface area contributed by atoms with Crippen LogP contribution in [0.25, 0.3) is 44.9 Å². The van der Waals surface area contributed by atoms with Crippen molar-refractivity contribution in [2.24, 2.45) is 17.8 Å². The lowest BCUT2D eigenvalue weighted by Gasteiger charge is -2.29. The molecule has 4 aliphatic heterocycles. The number of fused-ring (bicyclic) bond motifs is 7. The van der Waals surface area contributed by atoms with E-state index in [1.807, 2.05) is 58.2 Å². The molecule has 4 aliphatic rings. The molecular weight excluding hydrogens is 697 g/mol. The minimum absolute atomic E-state index is 0.0673. The Morgan fingerprint density at radius 1 is 0.982 bits per heavy atom. The second kappa shape index (κ2) is 11.9. The SMILES string of the molecule is CC(=O)N[C@H](C(=O)CC1Cc2ccc3c(c2)C24c5cccc(c5N[C@H]2O3)-c2cccc3[nH]cc(c23)-c2cnc(o2)-c2nc(oc24)[C@H](C(C)C)NC1=O)C(C)C. The van der Waals surface area contributed by atoms with Crippen LogP contribution in [0, 0.1) is 17.8 Å².